The number of rotatable bonds is 5. The highest BCUT2D eigenvalue weighted by atomic mass is 32.1. The van der Waals surface area contributed by atoms with E-state index in [2.05, 4.69) is 180 Å². The molecule has 3 aromatic heterocycles. The van der Waals surface area contributed by atoms with Gasteiger partial charge in [-0.3, -0.25) is 0 Å². The van der Waals surface area contributed by atoms with Crippen LogP contribution >= 0.6 is 11.3 Å². The molecular weight excluding hydrogens is 725 g/mol. The highest BCUT2D eigenvalue weighted by Gasteiger charge is 2.20. The normalized spacial score (nSPS) is 11.8. The molecule has 0 aliphatic rings. The van der Waals surface area contributed by atoms with E-state index < -0.39 is 0 Å². The van der Waals surface area contributed by atoms with Crippen LogP contribution < -0.4 is 0 Å². The van der Waals surface area contributed by atoms with E-state index in [0.29, 0.717) is 17.5 Å². The first kappa shape index (κ1) is 32.7. The summed E-state index contributed by atoms with van der Waals surface area (Å²) in [6.45, 7) is 0. The van der Waals surface area contributed by atoms with Gasteiger partial charge in [0, 0.05) is 53.3 Å². The summed E-state index contributed by atoms with van der Waals surface area (Å²) in [4.78, 5) is 15.5. The fraction of sp³-hybridized carbons (Fsp3) is 0. The van der Waals surface area contributed by atoms with Crippen LogP contribution in [0.3, 0.4) is 0 Å². The first-order valence-electron chi connectivity index (χ1n) is 19.5. The topological polar surface area (TPSA) is 43.6 Å². The van der Waals surface area contributed by atoms with E-state index in [-0.39, 0.29) is 0 Å². The van der Waals surface area contributed by atoms with Gasteiger partial charge in [0.2, 0.25) is 0 Å². The summed E-state index contributed by atoms with van der Waals surface area (Å²) in [5, 5.41) is 9.76. The summed E-state index contributed by atoms with van der Waals surface area (Å²) < 4.78 is 4.78. The van der Waals surface area contributed by atoms with Crippen LogP contribution in [0.1, 0.15) is 0 Å². The van der Waals surface area contributed by atoms with E-state index in [1.807, 2.05) is 18.2 Å². The lowest BCUT2D eigenvalue weighted by atomic mass is 9.99. The molecular formula is C53H32N4S. The van der Waals surface area contributed by atoms with Crippen molar-refractivity contribution < 1.29 is 0 Å². The number of para-hydroxylation sites is 1. The molecule has 0 radical (unpaired) electrons. The van der Waals surface area contributed by atoms with Gasteiger partial charge in [-0.1, -0.05) is 158 Å². The van der Waals surface area contributed by atoms with Gasteiger partial charge in [-0.25, -0.2) is 15.0 Å². The highest BCUT2D eigenvalue weighted by Crippen LogP contribution is 2.43. The standard InChI is InChI=1S/C53H32N4S/c1-3-13-33(14-4-1)41-20-12-24-47-49(41)44-19-9-10-23-46(44)57(47)38-28-30-42-43-21-11-22-45(50(43)58-48(42)32-38)53-55-51(35-16-5-2-6-17-35)54-52(56-53)37-27-29-40-36(31-37)26-25-34-15-7-8-18-39(34)40/h1-32H. The molecule has 0 bridgehead atoms. The van der Waals surface area contributed by atoms with Crippen LogP contribution in [-0.4, -0.2) is 19.5 Å². The van der Waals surface area contributed by atoms with Crippen molar-refractivity contribution in [1.82, 2.24) is 19.5 Å². The molecule has 0 aliphatic heterocycles. The lowest BCUT2D eigenvalue weighted by Crippen LogP contribution is -2.00. The quantitative estimate of drug-likeness (QED) is 0.164. The third-order valence-corrected chi connectivity index (χ3v) is 12.6. The Balaban J connectivity index is 1.03. The first-order valence-corrected chi connectivity index (χ1v) is 20.3. The molecule has 0 amide bonds. The Bertz CT molecular complexity index is 3570. The Labute approximate surface area is 338 Å². The lowest BCUT2D eigenvalue weighted by molar-refractivity contribution is 1.08. The highest BCUT2D eigenvalue weighted by molar-refractivity contribution is 7.26. The minimum Gasteiger partial charge on any atom is -0.309 e. The predicted molar refractivity (Wildman–Crippen MR) is 244 cm³/mol. The Hall–Kier alpha value is -7.47. The largest absolute Gasteiger partial charge is 0.309 e. The third-order valence-electron chi connectivity index (χ3n) is 11.4. The smallest absolute Gasteiger partial charge is 0.165 e. The second-order valence-corrected chi connectivity index (χ2v) is 15.8. The van der Waals surface area contributed by atoms with Crippen LogP contribution in [-0.2, 0) is 0 Å². The van der Waals surface area contributed by atoms with Crippen molar-refractivity contribution >= 4 is 74.9 Å². The summed E-state index contributed by atoms with van der Waals surface area (Å²) in [7, 11) is 0. The van der Waals surface area contributed by atoms with Crippen molar-refractivity contribution in [3.63, 3.8) is 0 Å². The Kier molecular flexibility index (Phi) is 7.37. The van der Waals surface area contributed by atoms with E-state index in [0.717, 1.165) is 32.5 Å². The molecule has 270 valence electrons. The van der Waals surface area contributed by atoms with Gasteiger partial charge in [-0.2, -0.15) is 0 Å². The number of hydrogen-bond donors (Lipinski definition) is 0. The zero-order chi connectivity index (χ0) is 38.2. The molecule has 0 aliphatic carbocycles. The van der Waals surface area contributed by atoms with E-state index in [1.165, 1.54) is 64.6 Å². The van der Waals surface area contributed by atoms with Crippen LogP contribution in [0.2, 0.25) is 0 Å². The molecule has 12 rings (SSSR count). The molecule has 58 heavy (non-hydrogen) atoms. The number of aromatic nitrogens is 4. The third kappa shape index (κ3) is 5.18. The van der Waals surface area contributed by atoms with E-state index in [4.69, 9.17) is 15.0 Å². The van der Waals surface area contributed by atoms with Crippen molar-refractivity contribution in [2.45, 2.75) is 0 Å². The molecule has 0 N–H and O–H groups in total. The molecule has 0 unspecified atom stereocenters. The Morgan fingerprint density at radius 1 is 0.362 bits per heavy atom. The average molecular weight is 757 g/mol. The van der Waals surface area contributed by atoms with E-state index in [9.17, 15) is 0 Å². The molecule has 3 heterocycles. The van der Waals surface area contributed by atoms with Crippen LogP contribution in [0, 0.1) is 0 Å². The fourth-order valence-electron chi connectivity index (χ4n) is 8.75. The minimum absolute atomic E-state index is 0.653. The summed E-state index contributed by atoms with van der Waals surface area (Å²) in [5.74, 6) is 1.97. The molecule has 0 fully saturated rings. The number of hydrogen-bond acceptors (Lipinski definition) is 4. The monoisotopic (exact) mass is 756 g/mol. The molecule has 9 aromatic carbocycles. The zero-order valence-corrected chi connectivity index (χ0v) is 32.0. The van der Waals surface area contributed by atoms with E-state index in [1.54, 1.807) is 11.3 Å². The SMILES string of the molecule is c1ccc(-c2nc(-c3ccc4c(ccc5ccccc54)c3)nc(-c3cccc4c3sc3cc(-n5c6ccccc6c6c(-c7ccccc7)cccc65)ccc34)n2)cc1. The summed E-state index contributed by atoms with van der Waals surface area (Å²) in [5.41, 5.74) is 8.88. The van der Waals surface area contributed by atoms with Crippen LogP contribution in [0.5, 0.6) is 0 Å². The number of nitrogens with zero attached hydrogens (tertiary/aromatic N) is 4. The van der Waals surface area contributed by atoms with Crippen LogP contribution in [0.25, 0.3) is 115 Å². The molecule has 0 saturated heterocycles. The lowest BCUT2D eigenvalue weighted by Gasteiger charge is -2.10. The molecule has 12 aromatic rings. The first-order chi connectivity index (χ1) is 28.7. The molecule has 0 saturated carbocycles. The maximum absolute atomic E-state index is 5.23. The predicted octanol–water partition coefficient (Wildman–Crippen LogP) is 14.3. The molecule has 4 nitrogen and oxygen atoms in total. The van der Waals surface area contributed by atoms with Crippen LogP contribution in [0.15, 0.2) is 194 Å². The van der Waals surface area contributed by atoms with Gasteiger partial charge in [-0.05, 0) is 69.1 Å². The van der Waals surface area contributed by atoms with Crippen molar-refractivity contribution in [1.29, 1.82) is 0 Å². The number of benzene rings is 9. The van der Waals surface area contributed by atoms with Gasteiger partial charge in [0.25, 0.3) is 0 Å². The second kappa shape index (κ2) is 13.1. The van der Waals surface area contributed by atoms with Gasteiger partial charge in [0.1, 0.15) is 0 Å². The summed E-state index contributed by atoms with van der Waals surface area (Å²) >= 11 is 1.80. The van der Waals surface area contributed by atoms with Crippen LogP contribution in [0.4, 0.5) is 0 Å². The zero-order valence-electron chi connectivity index (χ0n) is 31.2. The van der Waals surface area contributed by atoms with Crippen molar-refractivity contribution in [3.05, 3.63) is 194 Å². The average Bonchev–Trinajstić information content (AvgIpc) is 3.85. The van der Waals surface area contributed by atoms with Crippen molar-refractivity contribution in [2.24, 2.45) is 0 Å². The van der Waals surface area contributed by atoms with Crippen molar-refractivity contribution in [3.8, 4) is 51.0 Å². The van der Waals surface area contributed by atoms with Gasteiger partial charge < -0.3 is 4.57 Å². The Morgan fingerprint density at radius 3 is 1.84 bits per heavy atom. The maximum atomic E-state index is 5.23. The van der Waals surface area contributed by atoms with Gasteiger partial charge >= 0.3 is 0 Å². The minimum atomic E-state index is 0.653. The molecule has 0 atom stereocenters. The van der Waals surface area contributed by atoms with Gasteiger partial charge in [0.05, 0.1) is 11.0 Å². The second-order valence-electron chi connectivity index (χ2n) is 14.8. The summed E-state index contributed by atoms with van der Waals surface area (Å²) in [6, 6.07) is 69.2. The van der Waals surface area contributed by atoms with E-state index >= 15 is 0 Å². The van der Waals surface area contributed by atoms with Gasteiger partial charge in [-0.15, -0.1) is 11.3 Å². The molecule has 0 spiro atoms. The fourth-order valence-corrected chi connectivity index (χ4v) is 10.00. The number of thiophene rings is 1. The number of fused-ring (bicyclic) bond motifs is 9. The Morgan fingerprint density at radius 2 is 0.983 bits per heavy atom. The van der Waals surface area contributed by atoms with Crippen molar-refractivity contribution in [2.75, 3.05) is 0 Å². The maximum Gasteiger partial charge on any atom is 0.165 e. The molecule has 5 heteroatoms. The van der Waals surface area contributed by atoms with Gasteiger partial charge in [0.15, 0.2) is 17.5 Å². The summed E-state index contributed by atoms with van der Waals surface area (Å²) in [6.07, 6.45) is 0.